The van der Waals surface area contributed by atoms with Crippen molar-refractivity contribution < 1.29 is 4.79 Å². The third kappa shape index (κ3) is 5.20. The largest absolute Gasteiger partial charge is 0.335 e. The smallest absolute Gasteiger partial charge is 0.315 e. The Morgan fingerprint density at radius 1 is 1.50 bits per heavy atom. The lowest BCUT2D eigenvalue weighted by atomic mass is 10.2. The quantitative estimate of drug-likeness (QED) is 0.580. The van der Waals surface area contributed by atoms with E-state index < -0.39 is 0 Å². The van der Waals surface area contributed by atoms with Crippen LogP contribution in [-0.2, 0) is 0 Å². The summed E-state index contributed by atoms with van der Waals surface area (Å²) in [5.41, 5.74) is 0. The molecule has 2 N–H and O–H groups in total. The van der Waals surface area contributed by atoms with E-state index in [0.29, 0.717) is 6.42 Å². The average Bonchev–Trinajstić information content (AvgIpc) is 2.01. The average molecular weight is 164 g/mol. The number of amides is 2. The number of rotatable bonds is 3. The van der Waals surface area contributed by atoms with Crippen LogP contribution >= 0.6 is 0 Å². The highest BCUT2D eigenvalue weighted by Gasteiger charge is 2.03. The summed E-state index contributed by atoms with van der Waals surface area (Å²) in [5, 5.41) is 5.09. The van der Waals surface area contributed by atoms with E-state index in [0.717, 1.165) is 0 Å². The van der Waals surface area contributed by atoms with Gasteiger partial charge in [-0.1, -0.05) is 5.92 Å². The van der Waals surface area contributed by atoms with Crippen LogP contribution in [-0.4, -0.2) is 18.6 Å². The predicted molar refractivity (Wildman–Crippen MR) is 48.3 cm³/mol. The van der Waals surface area contributed by atoms with Crippen LogP contribution in [0.25, 0.3) is 0 Å². The lowest BCUT2D eigenvalue weighted by Gasteiger charge is -2.10. The van der Waals surface area contributed by atoms with Crippen molar-refractivity contribution in [2.45, 2.75) is 19.4 Å². The van der Waals surface area contributed by atoms with Gasteiger partial charge in [0.25, 0.3) is 0 Å². The minimum Gasteiger partial charge on any atom is -0.335 e. The molecule has 0 fully saturated rings. The van der Waals surface area contributed by atoms with Gasteiger partial charge in [0.1, 0.15) is 0 Å². The van der Waals surface area contributed by atoms with Crippen molar-refractivity contribution in [1.29, 1.82) is 0 Å². The van der Waals surface area contributed by atoms with Gasteiger partial charge in [-0.2, -0.15) is 0 Å². The van der Waals surface area contributed by atoms with Crippen LogP contribution in [0.15, 0.2) is 0 Å². The van der Waals surface area contributed by atoms with Gasteiger partial charge in [0, 0.05) is 12.5 Å². The molecule has 1 atom stereocenters. The van der Waals surface area contributed by atoms with Gasteiger partial charge in [0.15, 0.2) is 0 Å². The van der Waals surface area contributed by atoms with Crippen molar-refractivity contribution >= 4 is 6.03 Å². The summed E-state index contributed by atoms with van der Waals surface area (Å²) >= 11 is 0. The summed E-state index contributed by atoms with van der Waals surface area (Å²) in [6.07, 6.45) is 10.5. The molecule has 0 heterocycles. The SMILES string of the molecule is C#CCNC(=O)NC(C)CC#C. The van der Waals surface area contributed by atoms with Crippen LogP contribution in [0.3, 0.4) is 0 Å². The lowest BCUT2D eigenvalue weighted by molar-refractivity contribution is 0.239. The van der Waals surface area contributed by atoms with E-state index in [1.54, 1.807) is 0 Å². The number of hydrogen-bond acceptors (Lipinski definition) is 1. The highest BCUT2D eigenvalue weighted by atomic mass is 16.2. The highest BCUT2D eigenvalue weighted by Crippen LogP contribution is 1.86. The number of hydrogen-bond donors (Lipinski definition) is 2. The molecule has 0 aromatic rings. The fraction of sp³-hybridized carbons (Fsp3) is 0.444. The van der Waals surface area contributed by atoms with Crippen LogP contribution in [0.2, 0.25) is 0 Å². The second kappa shape index (κ2) is 6.12. The summed E-state index contributed by atoms with van der Waals surface area (Å²) < 4.78 is 0. The minimum absolute atomic E-state index is 0.0206. The predicted octanol–water partition coefficient (Wildman–Crippen LogP) is 0.331. The maximum Gasteiger partial charge on any atom is 0.315 e. The van der Waals surface area contributed by atoms with Crippen molar-refractivity contribution in [3.63, 3.8) is 0 Å². The van der Waals surface area contributed by atoms with Gasteiger partial charge in [0.05, 0.1) is 6.54 Å². The summed E-state index contributed by atoms with van der Waals surface area (Å²) in [6, 6.07) is -0.302. The van der Waals surface area contributed by atoms with E-state index in [9.17, 15) is 4.79 Å². The molecule has 0 saturated heterocycles. The fourth-order valence-corrected chi connectivity index (χ4v) is 0.634. The van der Waals surface area contributed by atoms with Gasteiger partial charge >= 0.3 is 6.03 Å². The van der Waals surface area contributed by atoms with Gasteiger partial charge in [-0.3, -0.25) is 0 Å². The van der Waals surface area contributed by atoms with Crippen molar-refractivity contribution in [1.82, 2.24) is 10.6 Å². The molecule has 0 aliphatic carbocycles. The normalized spacial score (nSPS) is 10.6. The van der Waals surface area contributed by atoms with Gasteiger partial charge in [-0.25, -0.2) is 4.79 Å². The van der Waals surface area contributed by atoms with Gasteiger partial charge in [-0.05, 0) is 6.92 Å². The van der Waals surface area contributed by atoms with Crippen LogP contribution in [0.1, 0.15) is 13.3 Å². The summed E-state index contributed by atoms with van der Waals surface area (Å²) in [4.78, 5) is 10.9. The Kier molecular flexibility index (Phi) is 5.30. The topological polar surface area (TPSA) is 41.1 Å². The Balaban J connectivity index is 3.57. The van der Waals surface area contributed by atoms with Crippen molar-refractivity contribution in [2.24, 2.45) is 0 Å². The maximum absolute atomic E-state index is 10.9. The molecular weight excluding hydrogens is 152 g/mol. The van der Waals surface area contributed by atoms with Gasteiger partial charge in [-0.15, -0.1) is 18.8 Å². The summed E-state index contributed by atoms with van der Waals surface area (Å²) in [6.45, 7) is 2.06. The molecule has 2 amide bonds. The Morgan fingerprint density at radius 2 is 2.17 bits per heavy atom. The molecule has 0 bridgehead atoms. The van der Waals surface area contributed by atoms with E-state index in [-0.39, 0.29) is 18.6 Å². The van der Waals surface area contributed by atoms with Crippen molar-refractivity contribution in [3.05, 3.63) is 0 Å². The molecule has 0 aliphatic heterocycles. The molecule has 0 aliphatic rings. The van der Waals surface area contributed by atoms with Crippen LogP contribution in [0, 0.1) is 24.7 Å². The Morgan fingerprint density at radius 3 is 2.67 bits per heavy atom. The molecule has 3 nitrogen and oxygen atoms in total. The van der Waals surface area contributed by atoms with Crippen LogP contribution in [0.5, 0.6) is 0 Å². The number of nitrogens with one attached hydrogen (secondary N) is 2. The first-order valence-electron chi connectivity index (χ1n) is 3.62. The zero-order valence-electron chi connectivity index (χ0n) is 7.05. The van der Waals surface area contributed by atoms with Crippen molar-refractivity contribution in [3.8, 4) is 24.7 Å². The second-order valence-corrected chi connectivity index (χ2v) is 2.34. The number of carbonyl (C=O) groups is 1. The van der Waals surface area contributed by atoms with Gasteiger partial charge in [0.2, 0.25) is 0 Å². The maximum atomic E-state index is 10.9. The first-order chi connectivity index (χ1) is 5.70. The first kappa shape index (κ1) is 10.4. The third-order valence-electron chi connectivity index (χ3n) is 1.15. The molecular formula is C9H12N2O. The monoisotopic (exact) mass is 164 g/mol. The summed E-state index contributed by atoms with van der Waals surface area (Å²) in [7, 11) is 0. The molecule has 0 radical (unpaired) electrons. The highest BCUT2D eigenvalue weighted by molar-refractivity contribution is 5.74. The number of terminal acetylenes is 2. The molecule has 0 saturated carbocycles. The van der Waals surface area contributed by atoms with Crippen molar-refractivity contribution in [2.75, 3.05) is 6.54 Å². The number of carbonyl (C=O) groups excluding carboxylic acids is 1. The van der Waals surface area contributed by atoms with E-state index in [1.807, 2.05) is 6.92 Å². The fourth-order valence-electron chi connectivity index (χ4n) is 0.634. The number of urea groups is 1. The first-order valence-corrected chi connectivity index (χ1v) is 3.62. The molecule has 1 unspecified atom stereocenters. The van der Waals surface area contributed by atoms with Crippen LogP contribution < -0.4 is 10.6 Å². The Labute approximate surface area is 72.9 Å². The molecule has 0 aromatic carbocycles. The van der Waals surface area contributed by atoms with E-state index in [2.05, 4.69) is 22.5 Å². The lowest BCUT2D eigenvalue weighted by Crippen LogP contribution is -2.40. The molecule has 0 rings (SSSR count). The third-order valence-corrected chi connectivity index (χ3v) is 1.15. The van der Waals surface area contributed by atoms with Crippen LogP contribution in [0.4, 0.5) is 4.79 Å². The molecule has 3 heteroatoms. The Bertz CT molecular complexity index is 222. The standard InChI is InChI=1S/C9H12N2O/c1-4-6-8(3)11-9(12)10-7-5-2/h1-2,8H,6-7H2,3H3,(H2,10,11,12). The van der Waals surface area contributed by atoms with E-state index in [1.165, 1.54) is 0 Å². The second-order valence-electron chi connectivity index (χ2n) is 2.34. The van der Waals surface area contributed by atoms with Gasteiger partial charge < -0.3 is 10.6 Å². The Hall–Kier alpha value is -1.61. The zero-order chi connectivity index (χ0) is 9.40. The molecule has 0 spiro atoms. The molecule has 64 valence electrons. The van der Waals surface area contributed by atoms with E-state index >= 15 is 0 Å². The molecule has 0 aromatic heterocycles. The molecule has 12 heavy (non-hydrogen) atoms. The zero-order valence-corrected chi connectivity index (χ0v) is 7.05. The minimum atomic E-state index is -0.282. The summed E-state index contributed by atoms with van der Waals surface area (Å²) in [5.74, 6) is 4.74. The van der Waals surface area contributed by atoms with E-state index in [4.69, 9.17) is 12.8 Å².